The molecule has 1 aliphatic heterocycles. The average Bonchev–Trinajstić information content (AvgIpc) is 3.15. The van der Waals surface area contributed by atoms with E-state index >= 15 is 0 Å². The predicted octanol–water partition coefficient (Wildman–Crippen LogP) is 5.39. The highest BCUT2D eigenvalue weighted by Gasteiger charge is 2.24. The van der Waals surface area contributed by atoms with Gasteiger partial charge in [-0.15, -0.1) is 0 Å². The molecule has 1 amide bonds. The van der Waals surface area contributed by atoms with Gasteiger partial charge in [0.15, 0.2) is 0 Å². The Bertz CT molecular complexity index is 1240. The highest BCUT2D eigenvalue weighted by atomic mass is 16.3. The van der Waals surface area contributed by atoms with Crippen molar-refractivity contribution in [1.82, 2.24) is 4.98 Å². The van der Waals surface area contributed by atoms with Crippen LogP contribution in [0.25, 0.3) is 22.0 Å². The van der Waals surface area contributed by atoms with Gasteiger partial charge < -0.3 is 20.3 Å². The summed E-state index contributed by atoms with van der Waals surface area (Å²) in [4.78, 5) is 18.3. The molecule has 3 aromatic carbocycles. The van der Waals surface area contributed by atoms with Crippen LogP contribution < -0.4 is 10.2 Å². The molecule has 1 atom stereocenters. The summed E-state index contributed by atoms with van der Waals surface area (Å²) in [5, 5.41) is 15.3. The molecule has 5 nitrogen and oxygen atoms in total. The molecule has 1 aromatic heterocycles. The molecule has 5 rings (SSSR count). The van der Waals surface area contributed by atoms with Crippen LogP contribution in [0.3, 0.4) is 0 Å². The van der Waals surface area contributed by atoms with Crippen molar-refractivity contribution in [2.45, 2.75) is 19.4 Å². The number of amides is 1. The summed E-state index contributed by atoms with van der Waals surface area (Å²) in [6, 6.07) is 21.3. The fraction of sp³-hybridized carbons (Fsp3) is 0.160. The Balaban J connectivity index is 1.49. The molecule has 5 heteroatoms. The van der Waals surface area contributed by atoms with E-state index in [1.165, 1.54) is 0 Å². The van der Waals surface area contributed by atoms with E-state index in [0.29, 0.717) is 17.7 Å². The molecule has 0 bridgehead atoms. The van der Waals surface area contributed by atoms with Crippen molar-refractivity contribution in [2.24, 2.45) is 0 Å². The number of para-hydroxylation sites is 2. The number of nitrogens with one attached hydrogen (secondary N) is 2. The highest BCUT2D eigenvalue weighted by Crippen LogP contribution is 2.34. The molecule has 2 heterocycles. The lowest BCUT2D eigenvalue weighted by Crippen LogP contribution is -2.32. The average molecular weight is 397 g/mol. The second-order valence-electron chi connectivity index (χ2n) is 7.82. The topological polar surface area (TPSA) is 68.4 Å². The summed E-state index contributed by atoms with van der Waals surface area (Å²) in [5.41, 5.74) is 4.97. The second kappa shape index (κ2) is 7.26. The van der Waals surface area contributed by atoms with Crippen LogP contribution in [-0.2, 0) is 0 Å². The van der Waals surface area contributed by atoms with Crippen LogP contribution >= 0.6 is 0 Å². The number of rotatable bonds is 2. The van der Waals surface area contributed by atoms with Gasteiger partial charge in [0.25, 0.3) is 5.91 Å². The Labute approximate surface area is 175 Å². The number of nitrogens with zero attached hydrogens (tertiary/aromatic N) is 1. The van der Waals surface area contributed by atoms with Gasteiger partial charge in [-0.2, -0.15) is 0 Å². The molecule has 0 fully saturated rings. The lowest BCUT2D eigenvalue weighted by atomic mass is 10.0. The van der Waals surface area contributed by atoms with Crippen LogP contribution in [-0.4, -0.2) is 28.6 Å². The molecular formula is C25H23N3O2. The number of carbonyl (C=O) groups excluding carboxylic acids is 1. The van der Waals surface area contributed by atoms with Crippen LogP contribution in [0, 0.1) is 0 Å². The number of hydrogen-bond acceptors (Lipinski definition) is 3. The van der Waals surface area contributed by atoms with Gasteiger partial charge in [0, 0.05) is 35.4 Å². The Morgan fingerprint density at radius 3 is 2.80 bits per heavy atom. The van der Waals surface area contributed by atoms with Crippen molar-refractivity contribution in [3.63, 3.8) is 0 Å². The minimum atomic E-state index is -0.110. The fourth-order valence-corrected chi connectivity index (χ4v) is 4.11. The predicted molar refractivity (Wildman–Crippen MR) is 121 cm³/mol. The summed E-state index contributed by atoms with van der Waals surface area (Å²) in [5.74, 6) is -0.00776. The van der Waals surface area contributed by atoms with Gasteiger partial charge in [-0.25, -0.2) is 0 Å². The van der Waals surface area contributed by atoms with E-state index in [4.69, 9.17) is 0 Å². The second-order valence-corrected chi connectivity index (χ2v) is 7.82. The van der Waals surface area contributed by atoms with E-state index in [0.717, 1.165) is 34.3 Å². The maximum Gasteiger partial charge on any atom is 0.258 e. The quantitative estimate of drug-likeness (QED) is 0.425. The number of phenols is 1. The zero-order valence-electron chi connectivity index (χ0n) is 16.7. The first-order valence-corrected chi connectivity index (χ1v) is 10.2. The zero-order valence-corrected chi connectivity index (χ0v) is 16.7. The first-order chi connectivity index (χ1) is 14.6. The molecule has 0 unspecified atom stereocenters. The number of H-pyrrole nitrogens is 1. The van der Waals surface area contributed by atoms with E-state index < -0.39 is 0 Å². The number of anilines is 2. The Kier molecular flexibility index (Phi) is 4.43. The van der Waals surface area contributed by atoms with E-state index in [2.05, 4.69) is 17.2 Å². The largest absolute Gasteiger partial charge is 0.507 e. The zero-order chi connectivity index (χ0) is 20.7. The minimum Gasteiger partial charge on any atom is -0.507 e. The fourth-order valence-electron chi connectivity index (χ4n) is 4.11. The number of aromatic hydroxyl groups is 1. The van der Waals surface area contributed by atoms with Crippen molar-refractivity contribution < 1.29 is 9.90 Å². The summed E-state index contributed by atoms with van der Waals surface area (Å²) in [6.45, 7) is 2.74. The van der Waals surface area contributed by atoms with Crippen molar-refractivity contribution in [3.05, 3.63) is 78.5 Å². The van der Waals surface area contributed by atoms with E-state index in [1.807, 2.05) is 60.8 Å². The Morgan fingerprint density at radius 2 is 1.93 bits per heavy atom. The molecule has 0 spiro atoms. The van der Waals surface area contributed by atoms with Gasteiger partial charge in [-0.1, -0.05) is 18.2 Å². The monoisotopic (exact) mass is 397 g/mol. The van der Waals surface area contributed by atoms with Crippen molar-refractivity contribution in [3.8, 4) is 16.9 Å². The highest BCUT2D eigenvalue weighted by molar-refractivity contribution is 6.08. The number of carbonyl (C=O) groups is 1. The molecule has 0 saturated carbocycles. The molecule has 0 radical (unpaired) electrons. The number of aromatic amines is 1. The van der Waals surface area contributed by atoms with Crippen molar-refractivity contribution in [2.75, 3.05) is 16.8 Å². The maximum atomic E-state index is 13.3. The molecule has 3 N–H and O–H groups in total. The van der Waals surface area contributed by atoms with E-state index in [9.17, 15) is 9.90 Å². The summed E-state index contributed by atoms with van der Waals surface area (Å²) >= 11 is 0. The number of phenolic OH excluding ortho intramolecular Hbond substituents is 1. The third kappa shape index (κ3) is 3.18. The van der Waals surface area contributed by atoms with Crippen LogP contribution in [0.5, 0.6) is 5.75 Å². The third-order valence-corrected chi connectivity index (χ3v) is 5.74. The number of fused-ring (bicyclic) bond motifs is 2. The summed E-state index contributed by atoms with van der Waals surface area (Å²) in [7, 11) is 0. The van der Waals surface area contributed by atoms with Crippen molar-refractivity contribution in [1.29, 1.82) is 0 Å². The number of hydrogen-bond donors (Lipinski definition) is 3. The molecule has 150 valence electrons. The van der Waals surface area contributed by atoms with Gasteiger partial charge in [0.05, 0.1) is 11.4 Å². The summed E-state index contributed by atoms with van der Waals surface area (Å²) < 4.78 is 0. The smallest absolute Gasteiger partial charge is 0.258 e. The van der Waals surface area contributed by atoms with E-state index in [-0.39, 0.29) is 17.7 Å². The first kappa shape index (κ1) is 18.3. The molecule has 30 heavy (non-hydrogen) atoms. The van der Waals surface area contributed by atoms with Gasteiger partial charge in [-0.05, 0) is 72.8 Å². The van der Waals surface area contributed by atoms with E-state index in [1.54, 1.807) is 17.0 Å². The van der Waals surface area contributed by atoms with Gasteiger partial charge in [-0.3, -0.25) is 4.79 Å². The van der Waals surface area contributed by atoms with Crippen LogP contribution in [0.4, 0.5) is 11.4 Å². The van der Waals surface area contributed by atoms with Gasteiger partial charge in [0.2, 0.25) is 0 Å². The third-order valence-electron chi connectivity index (χ3n) is 5.74. The van der Waals surface area contributed by atoms with Gasteiger partial charge >= 0.3 is 0 Å². The summed E-state index contributed by atoms with van der Waals surface area (Å²) in [6.07, 6.45) is 2.74. The Morgan fingerprint density at radius 1 is 1.07 bits per heavy atom. The standard InChI is InChI=1S/C25H23N3O2/c1-16-11-13-28(23-5-3-2-4-22(23)27-16)25(30)19-6-8-20(24(29)15-19)17-7-9-21-18(14-17)10-12-26-21/h2-10,12,14-16,26-27,29H,11,13H2,1H3/t16-/m0/s1. The van der Waals surface area contributed by atoms with Crippen LogP contribution in [0.2, 0.25) is 0 Å². The lowest BCUT2D eigenvalue weighted by Gasteiger charge is -2.22. The maximum absolute atomic E-state index is 13.3. The molecule has 0 aliphatic carbocycles. The van der Waals surface area contributed by atoms with Crippen LogP contribution in [0.1, 0.15) is 23.7 Å². The molecule has 4 aromatic rings. The van der Waals surface area contributed by atoms with Crippen molar-refractivity contribution >= 4 is 28.2 Å². The molecule has 1 aliphatic rings. The molecule has 0 saturated heterocycles. The molecular weight excluding hydrogens is 374 g/mol. The lowest BCUT2D eigenvalue weighted by molar-refractivity contribution is 0.0986. The normalized spacial score (nSPS) is 16.0. The van der Waals surface area contributed by atoms with Crippen LogP contribution in [0.15, 0.2) is 72.9 Å². The minimum absolute atomic E-state index is 0.102. The van der Waals surface area contributed by atoms with Gasteiger partial charge in [0.1, 0.15) is 5.75 Å². The first-order valence-electron chi connectivity index (χ1n) is 10.2. The number of benzene rings is 3. The number of aromatic nitrogens is 1. The SMILES string of the molecule is C[C@H]1CCN(C(=O)c2ccc(-c3ccc4[nH]ccc4c3)c(O)c2)c2ccccc2N1. The Hall–Kier alpha value is -3.73.